The number of hydrogen-bond donors (Lipinski definition) is 0. The van der Waals surface area contributed by atoms with Gasteiger partial charge in [0.25, 0.3) is 0 Å². The Balaban J connectivity index is 2.42. The zero-order valence-corrected chi connectivity index (χ0v) is 12.7. The molecular weight excluding hydrogens is 260 g/mol. The lowest BCUT2D eigenvalue weighted by Crippen LogP contribution is -2.34. The first-order chi connectivity index (χ1) is 8.89. The van der Waals surface area contributed by atoms with E-state index in [-0.39, 0.29) is 0 Å². The fraction of sp³-hybridized carbons (Fsp3) is 0.643. The lowest BCUT2D eigenvalue weighted by Gasteiger charge is -2.21. The van der Waals surface area contributed by atoms with Gasteiger partial charge in [0.1, 0.15) is 0 Å². The van der Waals surface area contributed by atoms with Crippen LogP contribution in [-0.2, 0) is 10.0 Å². The van der Waals surface area contributed by atoms with Crippen LogP contribution in [0.1, 0.15) is 26.7 Å². The van der Waals surface area contributed by atoms with Crippen LogP contribution in [0.25, 0.3) is 0 Å². The van der Waals surface area contributed by atoms with Gasteiger partial charge in [-0.3, -0.25) is 4.99 Å². The van der Waals surface area contributed by atoms with Crippen LogP contribution in [-0.4, -0.2) is 44.3 Å². The Morgan fingerprint density at radius 3 is 2.74 bits per heavy atom. The Labute approximate surface area is 116 Å². The van der Waals surface area contributed by atoms with E-state index in [2.05, 4.69) is 31.0 Å². The van der Waals surface area contributed by atoms with E-state index in [4.69, 9.17) is 0 Å². The van der Waals surface area contributed by atoms with E-state index in [1.807, 2.05) is 0 Å². The zero-order chi connectivity index (χ0) is 14.0. The Kier molecular flexibility index (Phi) is 4.26. The summed E-state index contributed by atoms with van der Waals surface area (Å²) < 4.78 is 25.2. The standard InChI is InChI=1S/C14H22N2O2S/c1-11(2)14-13-10-16(19(3,17)18)9-5-7-12(13)6-4-8-15-14/h4,6,11H,5,7-10H2,1-3H3. The van der Waals surface area contributed by atoms with E-state index >= 15 is 0 Å². The number of aliphatic imine (C=N–C) groups is 1. The molecule has 2 heterocycles. The van der Waals surface area contributed by atoms with Crippen molar-refractivity contribution in [1.29, 1.82) is 0 Å². The van der Waals surface area contributed by atoms with E-state index in [1.165, 1.54) is 11.8 Å². The minimum absolute atomic E-state index is 0.324. The van der Waals surface area contributed by atoms with E-state index in [9.17, 15) is 8.42 Å². The SMILES string of the molecule is CC(C)C1=NCC=CC2=C1CN(S(C)(=O)=O)CCC2. The Hall–Kier alpha value is -0.940. The molecule has 0 unspecified atom stereocenters. The van der Waals surface area contributed by atoms with E-state index in [0.717, 1.165) is 24.1 Å². The number of nitrogens with zero attached hydrogens (tertiary/aromatic N) is 2. The van der Waals surface area contributed by atoms with Gasteiger partial charge in [-0.25, -0.2) is 8.42 Å². The van der Waals surface area contributed by atoms with Gasteiger partial charge in [0.15, 0.2) is 0 Å². The average molecular weight is 282 g/mol. The molecule has 2 aliphatic heterocycles. The predicted octanol–water partition coefficient (Wildman–Crippen LogP) is 2.01. The zero-order valence-electron chi connectivity index (χ0n) is 11.9. The molecule has 0 aromatic carbocycles. The van der Waals surface area contributed by atoms with E-state index in [1.54, 1.807) is 4.31 Å². The summed E-state index contributed by atoms with van der Waals surface area (Å²) in [5, 5.41) is 0. The molecule has 2 rings (SSSR count). The second kappa shape index (κ2) is 5.59. The van der Waals surface area contributed by atoms with Gasteiger partial charge in [-0.2, -0.15) is 4.31 Å². The van der Waals surface area contributed by atoms with Gasteiger partial charge >= 0.3 is 0 Å². The van der Waals surface area contributed by atoms with Crippen molar-refractivity contribution < 1.29 is 8.42 Å². The highest BCUT2D eigenvalue weighted by atomic mass is 32.2. The summed E-state index contributed by atoms with van der Waals surface area (Å²) in [5.41, 5.74) is 3.44. The van der Waals surface area contributed by atoms with Gasteiger partial charge in [-0.15, -0.1) is 0 Å². The Bertz CT molecular complexity index is 542. The second-order valence-corrected chi connectivity index (χ2v) is 7.47. The van der Waals surface area contributed by atoms with Crippen molar-refractivity contribution in [3.63, 3.8) is 0 Å². The number of rotatable bonds is 2. The maximum absolute atomic E-state index is 11.8. The summed E-state index contributed by atoms with van der Waals surface area (Å²) in [4.78, 5) is 4.62. The molecule has 0 N–H and O–H groups in total. The molecule has 4 nitrogen and oxygen atoms in total. The van der Waals surface area contributed by atoms with Crippen molar-refractivity contribution in [2.75, 3.05) is 25.9 Å². The smallest absolute Gasteiger partial charge is 0.211 e. The molecule has 0 saturated heterocycles. The van der Waals surface area contributed by atoms with Crippen LogP contribution in [0.5, 0.6) is 0 Å². The molecule has 0 amide bonds. The fourth-order valence-corrected chi connectivity index (χ4v) is 3.46. The van der Waals surface area contributed by atoms with Crippen LogP contribution >= 0.6 is 0 Å². The lowest BCUT2D eigenvalue weighted by atomic mass is 9.94. The third-order valence-electron chi connectivity index (χ3n) is 3.59. The summed E-state index contributed by atoms with van der Waals surface area (Å²) in [6, 6.07) is 0. The predicted molar refractivity (Wildman–Crippen MR) is 79.0 cm³/mol. The molecule has 5 heteroatoms. The second-order valence-electron chi connectivity index (χ2n) is 5.49. The summed E-state index contributed by atoms with van der Waals surface area (Å²) in [5.74, 6) is 0.324. The molecule has 106 valence electrons. The van der Waals surface area contributed by atoms with Crippen molar-refractivity contribution in [2.45, 2.75) is 26.7 Å². The minimum atomic E-state index is -3.14. The molecule has 0 radical (unpaired) electrons. The van der Waals surface area contributed by atoms with Gasteiger partial charge in [0, 0.05) is 18.8 Å². The molecule has 0 aliphatic carbocycles. The van der Waals surface area contributed by atoms with Crippen LogP contribution < -0.4 is 0 Å². The van der Waals surface area contributed by atoms with Crippen LogP contribution in [0.3, 0.4) is 0 Å². The van der Waals surface area contributed by atoms with Gasteiger partial charge < -0.3 is 0 Å². The van der Waals surface area contributed by atoms with Gasteiger partial charge in [0.2, 0.25) is 10.0 Å². The topological polar surface area (TPSA) is 49.7 Å². The molecule has 0 bridgehead atoms. The summed E-state index contributed by atoms with van der Waals surface area (Å²) in [6.45, 7) is 5.99. The molecule has 0 saturated carbocycles. The Morgan fingerprint density at radius 1 is 1.37 bits per heavy atom. The first-order valence-electron chi connectivity index (χ1n) is 6.78. The fourth-order valence-electron chi connectivity index (χ4n) is 2.64. The van der Waals surface area contributed by atoms with Gasteiger partial charge in [0.05, 0.1) is 12.8 Å². The largest absolute Gasteiger partial charge is 0.285 e. The maximum atomic E-state index is 11.8. The summed E-state index contributed by atoms with van der Waals surface area (Å²) in [7, 11) is -3.14. The van der Waals surface area contributed by atoms with Crippen molar-refractivity contribution in [3.8, 4) is 0 Å². The first-order valence-corrected chi connectivity index (χ1v) is 8.63. The van der Waals surface area contributed by atoms with Crippen LogP contribution in [0.2, 0.25) is 0 Å². The molecule has 0 aromatic heterocycles. The van der Waals surface area contributed by atoms with Crippen LogP contribution in [0.4, 0.5) is 0 Å². The molecule has 19 heavy (non-hydrogen) atoms. The van der Waals surface area contributed by atoms with Crippen molar-refractivity contribution >= 4 is 15.7 Å². The quantitative estimate of drug-likeness (QED) is 0.778. The first kappa shape index (κ1) is 14.5. The third-order valence-corrected chi connectivity index (χ3v) is 4.84. The van der Waals surface area contributed by atoms with Gasteiger partial charge in [-0.1, -0.05) is 26.0 Å². The highest BCUT2D eigenvalue weighted by Crippen LogP contribution is 2.25. The minimum Gasteiger partial charge on any atom is -0.285 e. The average Bonchev–Trinajstić information content (AvgIpc) is 2.59. The van der Waals surface area contributed by atoms with Crippen LogP contribution in [0.15, 0.2) is 28.3 Å². The third kappa shape index (κ3) is 3.34. The van der Waals surface area contributed by atoms with Crippen LogP contribution in [0, 0.1) is 5.92 Å². The highest BCUT2D eigenvalue weighted by Gasteiger charge is 2.26. The Morgan fingerprint density at radius 2 is 2.11 bits per heavy atom. The highest BCUT2D eigenvalue weighted by molar-refractivity contribution is 7.88. The maximum Gasteiger partial charge on any atom is 0.211 e. The normalized spacial score (nSPS) is 22.0. The van der Waals surface area contributed by atoms with Crippen molar-refractivity contribution in [2.24, 2.45) is 10.9 Å². The summed E-state index contributed by atoms with van der Waals surface area (Å²) >= 11 is 0. The van der Waals surface area contributed by atoms with E-state index < -0.39 is 10.0 Å². The molecule has 0 spiro atoms. The van der Waals surface area contributed by atoms with Crippen molar-refractivity contribution in [3.05, 3.63) is 23.3 Å². The van der Waals surface area contributed by atoms with Gasteiger partial charge in [-0.05, 0) is 29.9 Å². The monoisotopic (exact) mass is 282 g/mol. The lowest BCUT2D eigenvalue weighted by molar-refractivity contribution is 0.444. The van der Waals surface area contributed by atoms with E-state index in [0.29, 0.717) is 25.6 Å². The summed E-state index contributed by atoms with van der Waals surface area (Å²) in [6.07, 6.45) is 7.29. The number of sulfonamides is 1. The van der Waals surface area contributed by atoms with Crippen molar-refractivity contribution in [1.82, 2.24) is 4.31 Å². The molecule has 2 aliphatic rings. The molecule has 0 fully saturated rings. The molecular formula is C14H22N2O2S. The molecule has 0 aromatic rings. The number of hydrogen-bond acceptors (Lipinski definition) is 3. The number of allylic oxidation sites excluding steroid dienone is 2. The molecule has 0 atom stereocenters.